The van der Waals surface area contributed by atoms with Crippen LogP contribution in [0.4, 0.5) is 4.39 Å². The molecule has 1 heterocycles. The lowest BCUT2D eigenvalue weighted by atomic mass is 10.2. The molecule has 0 fully saturated rings. The Balaban J connectivity index is 2.33. The Hall–Kier alpha value is -1.72. The Morgan fingerprint density at radius 2 is 2.05 bits per heavy atom. The highest BCUT2D eigenvalue weighted by Gasteiger charge is 2.09. The van der Waals surface area contributed by atoms with Crippen LogP contribution in [0.1, 0.15) is 5.56 Å². The molecule has 0 spiro atoms. The van der Waals surface area contributed by atoms with Crippen molar-refractivity contribution in [2.45, 2.75) is 0 Å². The lowest BCUT2D eigenvalue weighted by Gasteiger charge is -2.05. The predicted molar refractivity (Wildman–Crippen MR) is 85.8 cm³/mol. The molecule has 0 atom stereocenters. The summed E-state index contributed by atoms with van der Waals surface area (Å²) in [6.45, 7) is 0. The van der Waals surface area contributed by atoms with E-state index in [-0.39, 0.29) is 5.56 Å². The van der Waals surface area contributed by atoms with E-state index in [9.17, 15) is 4.39 Å². The van der Waals surface area contributed by atoms with Crippen molar-refractivity contribution in [2.75, 3.05) is 0 Å². The molecule has 3 rings (SSSR count). The number of nitrogens with zero attached hydrogens (tertiary/aromatic N) is 2. The van der Waals surface area contributed by atoms with Gasteiger partial charge in [-0.05, 0) is 71.2 Å². The van der Waals surface area contributed by atoms with Crippen LogP contribution in [0, 0.1) is 25.5 Å². The number of fused-ring (bicyclic) bond motifs is 1. The minimum atomic E-state index is -0.530. The number of hydrogen-bond acceptors (Lipinski definition) is 2. The van der Waals surface area contributed by atoms with Crippen LogP contribution in [0.25, 0.3) is 16.7 Å². The standard InChI is InChI=1S/C14H7FIN3S/c15-11-3-2-10(5-8(11)7-17)19-13-4-1-9(16)6-12(13)18-14(19)20/h1-6H,(H,18,20). The summed E-state index contributed by atoms with van der Waals surface area (Å²) in [6.07, 6.45) is 0. The second-order valence-electron chi connectivity index (χ2n) is 4.20. The van der Waals surface area contributed by atoms with Gasteiger partial charge >= 0.3 is 0 Å². The molecular formula is C14H7FIN3S. The van der Waals surface area contributed by atoms with Crippen LogP contribution in [0.5, 0.6) is 0 Å². The van der Waals surface area contributed by atoms with E-state index in [1.54, 1.807) is 10.6 Å². The first-order valence-corrected chi connectivity index (χ1v) is 7.19. The minimum absolute atomic E-state index is 0.00395. The summed E-state index contributed by atoms with van der Waals surface area (Å²) in [4.78, 5) is 3.11. The number of halogens is 2. The Morgan fingerprint density at radius 1 is 1.25 bits per heavy atom. The van der Waals surface area contributed by atoms with Crippen LogP contribution in [0.3, 0.4) is 0 Å². The first-order chi connectivity index (χ1) is 9.60. The smallest absolute Gasteiger partial charge is 0.182 e. The monoisotopic (exact) mass is 395 g/mol. The maximum Gasteiger partial charge on any atom is 0.182 e. The molecule has 2 aromatic carbocycles. The molecule has 3 aromatic rings. The summed E-state index contributed by atoms with van der Waals surface area (Å²) in [5.41, 5.74) is 2.47. The fraction of sp³-hybridized carbons (Fsp3) is 0. The van der Waals surface area contributed by atoms with Gasteiger partial charge in [0.25, 0.3) is 0 Å². The highest BCUT2D eigenvalue weighted by Crippen LogP contribution is 2.22. The quantitative estimate of drug-likeness (QED) is 0.493. The predicted octanol–water partition coefficient (Wildman–Crippen LogP) is 4.30. The summed E-state index contributed by atoms with van der Waals surface area (Å²) < 4.78 is 16.8. The highest BCUT2D eigenvalue weighted by molar-refractivity contribution is 14.1. The number of H-pyrrole nitrogens is 1. The largest absolute Gasteiger partial charge is 0.330 e. The number of rotatable bonds is 1. The van der Waals surface area contributed by atoms with Gasteiger partial charge in [0.15, 0.2) is 4.77 Å². The first-order valence-electron chi connectivity index (χ1n) is 5.70. The van der Waals surface area contributed by atoms with Crippen LogP contribution < -0.4 is 0 Å². The molecular weight excluding hydrogens is 388 g/mol. The third-order valence-electron chi connectivity index (χ3n) is 2.97. The molecule has 3 nitrogen and oxygen atoms in total. The van der Waals surface area contributed by atoms with E-state index in [0.29, 0.717) is 10.5 Å². The highest BCUT2D eigenvalue weighted by atomic mass is 127. The van der Waals surface area contributed by atoms with Crippen LogP contribution in [0.15, 0.2) is 36.4 Å². The summed E-state index contributed by atoms with van der Waals surface area (Å²) >= 11 is 7.54. The number of hydrogen-bond donors (Lipinski definition) is 1. The van der Waals surface area contributed by atoms with Crippen molar-refractivity contribution in [3.8, 4) is 11.8 Å². The molecule has 0 aliphatic rings. The molecule has 0 saturated heterocycles. The topological polar surface area (TPSA) is 44.5 Å². The second kappa shape index (κ2) is 5.00. The molecule has 1 aromatic heterocycles. The summed E-state index contributed by atoms with van der Waals surface area (Å²) in [5.74, 6) is -0.530. The third-order valence-corrected chi connectivity index (χ3v) is 3.93. The SMILES string of the molecule is N#Cc1cc(-n2c(=S)[nH]c3cc(I)ccc32)ccc1F. The number of aromatic nitrogens is 2. The zero-order valence-corrected chi connectivity index (χ0v) is 13.0. The maximum absolute atomic E-state index is 13.4. The van der Waals surface area contributed by atoms with Crippen molar-refractivity contribution in [3.05, 3.63) is 56.1 Å². The Bertz CT molecular complexity index is 920. The minimum Gasteiger partial charge on any atom is -0.330 e. The van der Waals surface area contributed by atoms with Gasteiger partial charge in [0.05, 0.1) is 16.6 Å². The van der Waals surface area contributed by atoms with E-state index in [4.69, 9.17) is 17.5 Å². The molecule has 6 heteroatoms. The van der Waals surface area contributed by atoms with Crippen LogP contribution in [-0.4, -0.2) is 9.55 Å². The van der Waals surface area contributed by atoms with Gasteiger partial charge < -0.3 is 4.98 Å². The Kier molecular flexibility index (Phi) is 3.31. The normalized spacial score (nSPS) is 10.7. The molecule has 0 unspecified atom stereocenters. The van der Waals surface area contributed by atoms with Gasteiger partial charge in [0.2, 0.25) is 0 Å². The molecule has 20 heavy (non-hydrogen) atoms. The van der Waals surface area contributed by atoms with Gasteiger partial charge in [-0.25, -0.2) is 4.39 Å². The van der Waals surface area contributed by atoms with E-state index >= 15 is 0 Å². The fourth-order valence-corrected chi connectivity index (χ4v) is 2.88. The summed E-state index contributed by atoms with van der Waals surface area (Å²) in [5, 5.41) is 8.93. The van der Waals surface area contributed by atoms with E-state index in [0.717, 1.165) is 14.6 Å². The van der Waals surface area contributed by atoms with Gasteiger partial charge in [-0.15, -0.1) is 0 Å². The molecule has 0 aliphatic carbocycles. The molecule has 98 valence electrons. The van der Waals surface area contributed by atoms with Crippen molar-refractivity contribution in [1.29, 1.82) is 5.26 Å². The van der Waals surface area contributed by atoms with E-state index < -0.39 is 5.82 Å². The van der Waals surface area contributed by atoms with Gasteiger partial charge in [-0.2, -0.15) is 5.26 Å². The molecule has 0 amide bonds. The first kappa shape index (κ1) is 13.3. The third kappa shape index (κ3) is 2.13. The molecule has 0 bridgehead atoms. The van der Waals surface area contributed by atoms with E-state index in [2.05, 4.69) is 27.6 Å². The van der Waals surface area contributed by atoms with Gasteiger partial charge in [-0.1, -0.05) is 0 Å². The van der Waals surface area contributed by atoms with Gasteiger partial charge in [0, 0.05) is 9.26 Å². The fourth-order valence-electron chi connectivity index (χ4n) is 2.08. The van der Waals surface area contributed by atoms with Crippen LogP contribution in [-0.2, 0) is 0 Å². The van der Waals surface area contributed by atoms with Crippen molar-refractivity contribution < 1.29 is 4.39 Å². The van der Waals surface area contributed by atoms with Crippen LogP contribution >= 0.6 is 34.8 Å². The molecule has 0 aliphatic heterocycles. The number of imidazole rings is 1. The second-order valence-corrected chi connectivity index (χ2v) is 5.84. The van der Waals surface area contributed by atoms with E-state index in [1.807, 2.05) is 24.3 Å². The molecule has 0 radical (unpaired) electrons. The average Bonchev–Trinajstić information content (AvgIpc) is 2.74. The zero-order chi connectivity index (χ0) is 14.3. The summed E-state index contributed by atoms with van der Waals surface area (Å²) in [7, 11) is 0. The number of aromatic amines is 1. The van der Waals surface area contributed by atoms with Gasteiger partial charge in [0.1, 0.15) is 11.9 Å². The van der Waals surface area contributed by atoms with Crippen molar-refractivity contribution >= 4 is 45.8 Å². The number of nitriles is 1. The Morgan fingerprint density at radius 3 is 2.80 bits per heavy atom. The molecule has 1 N–H and O–H groups in total. The number of benzene rings is 2. The van der Waals surface area contributed by atoms with Gasteiger partial charge in [-0.3, -0.25) is 4.57 Å². The lowest BCUT2D eigenvalue weighted by Crippen LogP contribution is -1.96. The summed E-state index contributed by atoms with van der Waals surface area (Å²) in [6, 6.07) is 12.1. The zero-order valence-electron chi connectivity index (χ0n) is 10.0. The van der Waals surface area contributed by atoms with E-state index in [1.165, 1.54) is 12.1 Å². The van der Waals surface area contributed by atoms with Crippen molar-refractivity contribution in [1.82, 2.24) is 9.55 Å². The average molecular weight is 395 g/mol. The maximum atomic E-state index is 13.4. The Labute approximate surface area is 132 Å². The van der Waals surface area contributed by atoms with Crippen molar-refractivity contribution in [2.24, 2.45) is 0 Å². The van der Waals surface area contributed by atoms with Crippen molar-refractivity contribution in [3.63, 3.8) is 0 Å². The number of nitrogens with one attached hydrogen (secondary N) is 1. The molecule has 0 saturated carbocycles. The lowest BCUT2D eigenvalue weighted by molar-refractivity contribution is 0.623. The van der Waals surface area contributed by atoms with Crippen LogP contribution in [0.2, 0.25) is 0 Å².